The van der Waals surface area contributed by atoms with E-state index in [4.69, 9.17) is 19.3 Å². The smallest absolute Gasteiger partial charge is 0.412 e. The topological polar surface area (TPSA) is 119 Å². The Kier molecular flexibility index (Phi) is 7.76. The number of aromatic nitrogens is 1. The Hall–Kier alpha value is -4.15. The number of hydrogen-bond acceptors (Lipinski definition) is 8. The molecule has 0 unspecified atom stereocenters. The van der Waals surface area contributed by atoms with Gasteiger partial charge in [-0.15, -0.1) is 11.3 Å². The maximum atomic E-state index is 12.5. The number of aliphatic hydroxyl groups excluding tert-OH is 1. The summed E-state index contributed by atoms with van der Waals surface area (Å²) in [5, 5.41) is 16.8. The van der Waals surface area contributed by atoms with Gasteiger partial charge in [0.2, 0.25) is 0 Å². The molecule has 3 N–H and O–H groups in total. The highest BCUT2D eigenvalue weighted by Gasteiger charge is 2.14. The number of carbonyl (C=O) groups excluding carboxylic acids is 2. The van der Waals surface area contributed by atoms with Crippen LogP contribution in [0.15, 0.2) is 66.3 Å². The van der Waals surface area contributed by atoms with E-state index in [9.17, 15) is 9.59 Å². The molecule has 9 nitrogen and oxygen atoms in total. The Morgan fingerprint density at radius 1 is 1.09 bits per heavy atom. The summed E-state index contributed by atoms with van der Waals surface area (Å²) in [5.41, 5.74) is 1.99. The Bertz CT molecular complexity index is 1320. The number of rotatable bonds is 9. The molecule has 2 heterocycles. The van der Waals surface area contributed by atoms with E-state index in [1.54, 1.807) is 61.8 Å². The van der Waals surface area contributed by atoms with E-state index in [0.717, 1.165) is 15.6 Å². The van der Waals surface area contributed by atoms with Crippen LogP contribution < -0.4 is 24.8 Å². The minimum atomic E-state index is -0.659. The van der Waals surface area contributed by atoms with Crippen LogP contribution in [-0.4, -0.2) is 42.4 Å². The molecule has 0 radical (unpaired) electrons. The summed E-state index contributed by atoms with van der Waals surface area (Å²) in [6, 6.07) is 14.0. The number of nitrogens with zero attached hydrogens (tertiary/aromatic N) is 1. The number of methoxy groups -OCH3 is 1. The predicted molar refractivity (Wildman–Crippen MR) is 132 cm³/mol. The van der Waals surface area contributed by atoms with Crippen molar-refractivity contribution < 1.29 is 28.9 Å². The second-order valence-electron chi connectivity index (χ2n) is 7.31. The Balaban J connectivity index is 1.41. The van der Waals surface area contributed by atoms with Crippen molar-refractivity contribution in [1.82, 2.24) is 10.3 Å². The summed E-state index contributed by atoms with van der Waals surface area (Å²) in [6.45, 7) is 0.188. The van der Waals surface area contributed by atoms with Crippen molar-refractivity contribution in [3.63, 3.8) is 0 Å². The van der Waals surface area contributed by atoms with Gasteiger partial charge in [-0.2, -0.15) is 0 Å². The van der Waals surface area contributed by atoms with Crippen molar-refractivity contribution in [2.75, 3.05) is 25.6 Å². The highest BCUT2D eigenvalue weighted by atomic mass is 32.1. The lowest BCUT2D eigenvalue weighted by Gasteiger charge is -2.10. The molecule has 0 aliphatic heterocycles. The standard InChI is InChI=1S/C25H23N3O6S/c1-32-19-7-5-16(6-8-19)24(30)28-18-3-2-4-20(11-18)33-14-17-15-35-23-21(17)12-26-13-22(23)34-25(31)27-9-10-29/h2-8,11-13,15,29H,9-10,14H2,1H3,(H,27,31)(H,28,30). The van der Waals surface area contributed by atoms with Crippen LogP contribution in [0.3, 0.4) is 0 Å². The van der Waals surface area contributed by atoms with Crippen LogP contribution in [-0.2, 0) is 6.61 Å². The molecule has 0 saturated heterocycles. The third-order valence-corrected chi connectivity index (χ3v) is 6.01. The second kappa shape index (κ2) is 11.3. The van der Waals surface area contributed by atoms with Crippen LogP contribution in [0.1, 0.15) is 15.9 Å². The molecular weight excluding hydrogens is 470 g/mol. The molecule has 0 atom stereocenters. The number of hydrogen-bond donors (Lipinski definition) is 3. The van der Waals surface area contributed by atoms with Gasteiger partial charge in [-0.3, -0.25) is 9.78 Å². The number of anilines is 1. The van der Waals surface area contributed by atoms with E-state index in [2.05, 4.69) is 15.6 Å². The zero-order valence-electron chi connectivity index (χ0n) is 18.8. The molecule has 4 rings (SSSR count). The van der Waals surface area contributed by atoms with Crippen LogP contribution in [0, 0.1) is 0 Å². The lowest BCUT2D eigenvalue weighted by Crippen LogP contribution is -2.29. The fourth-order valence-electron chi connectivity index (χ4n) is 3.22. The number of ether oxygens (including phenoxy) is 3. The second-order valence-corrected chi connectivity index (χ2v) is 8.19. The number of nitrogens with one attached hydrogen (secondary N) is 2. The molecule has 0 aliphatic carbocycles. The summed E-state index contributed by atoms with van der Waals surface area (Å²) in [4.78, 5) is 28.5. The van der Waals surface area contributed by atoms with E-state index < -0.39 is 6.09 Å². The summed E-state index contributed by atoms with van der Waals surface area (Å²) >= 11 is 1.41. The minimum Gasteiger partial charge on any atom is -0.497 e. The molecule has 35 heavy (non-hydrogen) atoms. The average Bonchev–Trinajstić information content (AvgIpc) is 3.30. The zero-order valence-corrected chi connectivity index (χ0v) is 19.6. The number of fused-ring (bicyclic) bond motifs is 1. The first-order chi connectivity index (χ1) is 17.1. The first-order valence-corrected chi connectivity index (χ1v) is 11.5. The first-order valence-electron chi connectivity index (χ1n) is 10.7. The van der Waals surface area contributed by atoms with E-state index in [1.165, 1.54) is 17.5 Å². The van der Waals surface area contributed by atoms with Crippen LogP contribution in [0.2, 0.25) is 0 Å². The third kappa shape index (κ3) is 6.05. The third-order valence-electron chi connectivity index (χ3n) is 4.95. The summed E-state index contributed by atoms with van der Waals surface area (Å²) < 4.78 is 17.1. The number of carbonyl (C=O) groups is 2. The Labute approximate surface area is 205 Å². The summed E-state index contributed by atoms with van der Waals surface area (Å²) in [7, 11) is 1.57. The van der Waals surface area contributed by atoms with Crippen molar-refractivity contribution >= 4 is 39.1 Å². The number of pyridine rings is 1. The molecule has 0 bridgehead atoms. The molecule has 10 heteroatoms. The molecule has 180 valence electrons. The average molecular weight is 494 g/mol. The Morgan fingerprint density at radius 3 is 2.69 bits per heavy atom. The molecule has 0 spiro atoms. The summed E-state index contributed by atoms with van der Waals surface area (Å²) in [5.74, 6) is 1.35. The van der Waals surface area contributed by atoms with E-state index in [-0.39, 0.29) is 25.7 Å². The quantitative estimate of drug-likeness (QED) is 0.319. The fraction of sp³-hybridized carbons (Fsp3) is 0.160. The van der Waals surface area contributed by atoms with Crippen molar-refractivity contribution in [1.29, 1.82) is 0 Å². The van der Waals surface area contributed by atoms with E-state index in [0.29, 0.717) is 28.5 Å². The molecule has 4 aromatic rings. The maximum absolute atomic E-state index is 12.5. The van der Waals surface area contributed by atoms with Crippen LogP contribution in [0.4, 0.5) is 10.5 Å². The van der Waals surface area contributed by atoms with Crippen molar-refractivity contribution in [2.24, 2.45) is 0 Å². The van der Waals surface area contributed by atoms with Gasteiger partial charge in [-0.05, 0) is 41.8 Å². The van der Waals surface area contributed by atoms with Gasteiger partial charge in [0.15, 0.2) is 5.75 Å². The molecular formula is C25H23N3O6S. The SMILES string of the molecule is COc1ccc(C(=O)Nc2cccc(OCc3csc4c(OC(=O)NCCO)cncc34)c2)cc1. The lowest BCUT2D eigenvalue weighted by atomic mass is 10.2. The normalized spacial score (nSPS) is 10.6. The highest BCUT2D eigenvalue weighted by Crippen LogP contribution is 2.33. The number of thiophene rings is 1. The molecule has 0 fully saturated rings. The van der Waals surface area contributed by atoms with E-state index >= 15 is 0 Å². The van der Waals surface area contributed by atoms with Gasteiger partial charge in [0.25, 0.3) is 5.91 Å². The lowest BCUT2D eigenvalue weighted by molar-refractivity contribution is 0.102. The molecule has 2 aromatic heterocycles. The zero-order chi connectivity index (χ0) is 24.6. The fourth-order valence-corrected chi connectivity index (χ4v) is 4.20. The number of aliphatic hydroxyl groups is 1. The van der Waals surface area contributed by atoms with Crippen LogP contribution in [0.5, 0.6) is 17.2 Å². The van der Waals surface area contributed by atoms with Gasteiger partial charge >= 0.3 is 6.09 Å². The van der Waals surface area contributed by atoms with Crippen molar-refractivity contribution in [3.8, 4) is 17.2 Å². The van der Waals surface area contributed by atoms with Crippen LogP contribution >= 0.6 is 11.3 Å². The molecule has 0 saturated carbocycles. The van der Waals surface area contributed by atoms with Gasteiger partial charge in [0, 0.05) is 41.0 Å². The van der Waals surface area contributed by atoms with Crippen molar-refractivity contribution in [2.45, 2.75) is 6.61 Å². The van der Waals surface area contributed by atoms with Gasteiger partial charge in [0.1, 0.15) is 18.1 Å². The molecule has 0 aliphatic rings. The van der Waals surface area contributed by atoms with Gasteiger partial charge in [0.05, 0.1) is 24.6 Å². The summed E-state index contributed by atoms with van der Waals surface area (Å²) in [6.07, 6.45) is 2.50. The maximum Gasteiger partial charge on any atom is 0.412 e. The number of benzene rings is 2. The largest absolute Gasteiger partial charge is 0.497 e. The molecule has 2 aromatic carbocycles. The minimum absolute atomic E-state index is 0.103. The highest BCUT2D eigenvalue weighted by molar-refractivity contribution is 7.17. The van der Waals surface area contributed by atoms with Gasteiger partial charge in [-0.25, -0.2) is 4.79 Å². The predicted octanol–water partition coefficient (Wildman–Crippen LogP) is 4.22. The first kappa shape index (κ1) is 24.0. The van der Waals surface area contributed by atoms with Crippen LogP contribution in [0.25, 0.3) is 10.1 Å². The Morgan fingerprint density at radius 2 is 1.91 bits per heavy atom. The van der Waals surface area contributed by atoms with Gasteiger partial charge in [-0.1, -0.05) is 6.07 Å². The van der Waals surface area contributed by atoms with Crippen molar-refractivity contribution in [3.05, 3.63) is 77.4 Å². The van der Waals surface area contributed by atoms with Gasteiger partial charge < -0.3 is 30.0 Å². The monoisotopic (exact) mass is 493 g/mol. The number of amides is 2. The van der Waals surface area contributed by atoms with E-state index in [1.807, 2.05) is 5.38 Å². The molecule has 2 amide bonds.